The largest absolute Gasteiger partial charge is 0.295 e. The molecule has 0 bridgehead atoms. The molecule has 1 saturated carbocycles. The van der Waals surface area contributed by atoms with Gasteiger partial charge in [0.15, 0.2) is 0 Å². The third kappa shape index (κ3) is 4.22. The Bertz CT molecular complexity index is 396. The molecule has 19 heavy (non-hydrogen) atoms. The number of alkyl halides is 1. The highest BCUT2D eigenvalue weighted by molar-refractivity contribution is 6.18. The van der Waals surface area contributed by atoms with Gasteiger partial charge in [-0.3, -0.25) is 4.90 Å². The van der Waals surface area contributed by atoms with Crippen LogP contribution >= 0.6 is 11.6 Å². The molecule has 0 spiro atoms. The highest BCUT2D eigenvalue weighted by Crippen LogP contribution is 2.24. The molecule has 1 aliphatic carbocycles. The van der Waals surface area contributed by atoms with Crippen LogP contribution in [-0.2, 0) is 6.54 Å². The summed E-state index contributed by atoms with van der Waals surface area (Å²) in [7, 11) is 0. The summed E-state index contributed by atoms with van der Waals surface area (Å²) in [5.74, 6) is 0.737. The Kier molecular flexibility index (Phi) is 5.72. The number of hydrogen-bond acceptors (Lipinski definition) is 1. The number of nitrogens with zero attached hydrogens (tertiary/aromatic N) is 1. The van der Waals surface area contributed by atoms with E-state index in [9.17, 15) is 0 Å². The molecule has 0 amide bonds. The minimum atomic E-state index is 0.737. The number of rotatable bonds is 5. The number of benzene rings is 1. The van der Waals surface area contributed by atoms with E-state index in [1.807, 2.05) is 0 Å². The molecule has 1 nitrogen and oxygen atoms in total. The van der Waals surface area contributed by atoms with Gasteiger partial charge in [-0.15, -0.1) is 11.6 Å². The van der Waals surface area contributed by atoms with Crippen molar-refractivity contribution in [1.82, 2.24) is 4.90 Å². The van der Waals surface area contributed by atoms with E-state index < -0.39 is 0 Å². The first-order chi connectivity index (χ1) is 9.20. The summed E-state index contributed by atoms with van der Waals surface area (Å²) < 4.78 is 0. The predicted octanol–water partition coefficient (Wildman–Crippen LogP) is 4.68. The lowest BCUT2D eigenvalue weighted by Crippen LogP contribution is -2.37. The molecule has 0 aromatic heterocycles. The molecule has 0 heterocycles. The van der Waals surface area contributed by atoms with Crippen LogP contribution in [0.1, 0.15) is 48.8 Å². The van der Waals surface area contributed by atoms with Gasteiger partial charge in [0.2, 0.25) is 0 Å². The molecule has 0 N–H and O–H groups in total. The summed E-state index contributed by atoms with van der Waals surface area (Å²) in [6.45, 7) is 6.44. The molecule has 1 aromatic rings. The maximum absolute atomic E-state index is 6.00. The summed E-state index contributed by atoms with van der Waals surface area (Å²) in [4.78, 5) is 2.59. The first-order valence-corrected chi connectivity index (χ1v) is 8.10. The van der Waals surface area contributed by atoms with Crippen molar-refractivity contribution in [2.75, 3.05) is 12.4 Å². The van der Waals surface area contributed by atoms with E-state index in [1.54, 1.807) is 0 Å². The predicted molar refractivity (Wildman–Crippen MR) is 83.9 cm³/mol. The molecule has 0 unspecified atom stereocenters. The fourth-order valence-electron chi connectivity index (χ4n) is 3.08. The van der Waals surface area contributed by atoms with Crippen molar-refractivity contribution in [2.45, 2.75) is 58.5 Å². The first-order valence-electron chi connectivity index (χ1n) is 7.57. The fourth-order valence-corrected chi connectivity index (χ4v) is 3.30. The van der Waals surface area contributed by atoms with Gasteiger partial charge in [0.05, 0.1) is 0 Å². The Morgan fingerprint density at radius 1 is 1.11 bits per heavy atom. The average molecular weight is 280 g/mol. The second kappa shape index (κ2) is 7.31. The van der Waals surface area contributed by atoms with Crippen LogP contribution in [0, 0.1) is 13.8 Å². The zero-order valence-corrected chi connectivity index (χ0v) is 13.0. The highest BCUT2D eigenvalue weighted by atomic mass is 35.5. The minimum absolute atomic E-state index is 0.737. The lowest BCUT2D eigenvalue weighted by atomic mass is 9.93. The smallest absolute Gasteiger partial charge is 0.0351 e. The Morgan fingerprint density at radius 2 is 1.84 bits per heavy atom. The maximum atomic E-state index is 6.00. The van der Waals surface area contributed by atoms with Crippen LogP contribution in [-0.4, -0.2) is 23.4 Å². The zero-order valence-electron chi connectivity index (χ0n) is 12.3. The van der Waals surface area contributed by atoms with E-state index in [2.05, 4.69) is 36.9 Å². The lowest BCUT2D eigenvalue weighted by molar-refractivity contribution is 0.157. The standard InChI is InChI=1S/C17H26ClN/c1-14-8-9-16(12-15(14)2)13-19(11-10-18)17-6-4-3-5-7-17/h8-9,12,17H,3-7,10-11,13H2,1-2H3. The van der Waals surface area contributed by atoms with Crippen molar-refractivity contribution < 1.29 is 0 Å². The molecule has 2 heteroatoms. The Balaban J connectivity index is 2.04. The van der Waals surface area contributed by atoms with Gasteiger partial charge in [0, 0.05) is 25.0 Å². The van der Waals surface area contributed by atoms with Crippen molar-refractivity contribution in [3.63, 3.8) is 0 Å². The average Bonchev–Trinajstić information content (AvgIpc) is 2.43. The van der Waals surface area contributed by atoms with E-state index in [0.29, 0.717) is 0 Å². The summed E-state index contributed by atoms with van der Waals surface area (Å²) in [5, 5.41) is 0. The molecule has 0 radical (unpaired) electrons. The van der Waals surface area contributed by atoms with Crippen LogP contribution in [0.2, 0.25) is 0 Å². The van der Waals surface area contributed by atoms with Crippen LogP contribution in [0.25, 0.3) is 0 Å². The molecule has 2 rings (SSSR count). The van der Waals surface area contributed by atoms with Crippen molar-refractivity contribution in [3.8, 4) is 0 Å². The Hall–Kier alpha value is -0.530. The van der Waals surface area contributed by atoms with E-state index in [4.69, 9.17) is 11.6 Å². The Labute approximate surface area is 123 Å². The van der Waals surface area contributed by atoms with Gasteiger partial charge in [-0.1, -0.05) is 37.5 Å². The molecule has 1 aliphatic rings. The third-order valence-corrected chi connectivity index (χ3v) is 4.59. The van der Waals surface area contributed by atoms with Crippen LogP contribution < -0.4 is 0 Å². The first kappa shape index (κ1) is 14.9. The van der Waals surface area contributed by atoms with Gasteiger partial charge < -0.3 is 0 Å². The molecular weight excluding hydrogens is 254 g/mol. The second-order valence-electron chi connectivity index (χ2n) is 5.87. The minimum Gasteiger partial charge on any atom is -0.295 e. The normalized spacial score (nSPS) is 17.1. The van der Waals surface area contributed by atoms with Crippen LogP contribution in [0.4, 0.5) is 0 Å². The monoisotopic (exact) mass is 279 g/mol. The summed E-state index contributed by atoms with van der Waals surface area (Å²) in [6.07, 6.45) is 6.88. The Morgan fingerprint density at radius 3 is 2.47 bits per heavy atom. The summed E-state index contributed by atoms with van der Waals surface area (Å²) in [6, 6.07) is 7.59. The quantitative estimate of drug-likeness (QED) is 0.708. The fraction of sp³-hybridized carbons (Fsp3) is 0.647. The lowest BCUT2D eigenvalue weighted by Gasteiger charge is -2.34. The van der Waals surface area contributed by atoms with Gasteiger partial charge in [0.1, 0.15) is 0 Å². The molecule has 106 valence electrons. The van der Waals surface area contributed by atoms with Gasteiger partial charge in [-0.2, -0.15) is 0 Å². The van der Waals surface area contributed by atoms with E-state index in [-0.39, 0.29) is 0 Å². The molecular formula is C17H26ClN. The molecule has 0 aliphatic heterocycles. The van der Waals surface area contributed by atoms with Crippen LogP contribution in [0.3, 0.4) is 0 Å². The van der Waals surface area contributed by atoms with Crippen molar-refractivity contribution in [2.24, 2.45) is 0 Å². The second-order valence-corrected chi connectivity index (χ2v) is 6.25. The zero-order chi connectivity index (χ0) is 13.7. The van der Waals surface area contributed by atoms with E-state index >= 15 is 0 Å². The van der Waals surface area contributed by atoms with Crippen molar-refractivity contribution in [1.29, 1.82) is 0 Å². The summed E-state index contributed by atoms with van der Waals surface area (Å²) in [5.41, 5.74) is 4.20. The summed E-state index contributed by atoms with van der Waals surface area (Å²) >= 11 is 6.00. The van der Waals surface area contributed by atoms with Gasteiger partial charge in [-0.05, 0) is 43.4 Å². The maximum Gasteiger partial charge on any atom is 0.0351 e. The third-order valence-electron chi connectivity index (χ3n) is 4.42. The van der Waals surface area contributed by atoms with E-state index in [1.165, 1.54) is 48.8 Å². The van der Waals surface area contributed by atoms with Crippen molar-refractivity contribution >= 4 is 11.6 Å². The molecule has 0 saturated heterocycles. The molecule has 0 atom stereocenters. The number of halogens is 1. The molecule has 1 fully saturated rings. The topological polar surface area (TPSA) is 3.24 Å². The van der Waals surface area contributed by atoms with Gasteiger partial charge in [-0.25, -0.2) is 0 Å². The SMILES string of the molecule is Cc1ccc(CN(CCCl)C2CCCCC2)cc1C. The number of aryl methyl sites for hydroxylation is 2. The highest BCUT2D eigenvalue weighted by Gasteiger charge is 2.20. The number of hydrogen-bond donors (Lipinski definition) is 0. The van der Waals surface area contributed by atoms with E-state index in [0.717, 1.165) is 25.0 Å². The van der Waals surface area contributed by atoms with Crippen molar-refractivity contribution in [3.05, 3.63) is 34.9 Å². The van der Waals surface area contributed by atoms with Crippen LogP contribution in [0.5, 0.6) is 0 Å². The van der Waals surface area contributed by atoms with Gasteiger partial charge >= 0.3 is 0 Å². The van der Waals surface area contributed by atoms with Crippen LogP contribution in [0.15, 0.2) is 18.2 Å². The van der Waals surface area contributed by atoms with Gasteiger partial charge in [0.25, 0.3) is 0 Å². The molecule has 1 aromatic carbocycles.